The molecule has 1 saturated heterocycles. The Hall–Kier alpha value is -3.40. The van der Waals surface area contributed by atoms with E-state index in [1.54, 1.807) is 0 Å². The van der Waals surface area contributed by atoms with Crippen molar-refractivity contribution < 1.29 is 9.31 Å². The first-order valence-corrected chi connectivity index (χ1v) is 12.3. The molecule has 0 aliphatic carbocycles. The smallest absolute Gasteiger partial charge is 0.399 e. The lowest BCUT2D eigenvalue weighted by Crippen LogP contribution is -2.41. The van der Waals surface area contributed by atoms with Gasteiger partial charge in [0.2, 0.25) is 0 Å². The fourth-order valence-electron chi connectivity index (χ4n) is 5.05. The Kier molecular flexibility index (Phi) is 5.10. The largest absolute Gasteiger partial charge is 0.494 e. The van der Waals surface area contributed by atoms with Crippen LogP contribution in [0.15, 0.2) is 103 Å². The highest BCUT2D eigenvalue weighted by Crippen LogP contribution is 2.40. The first-order valence-electron chi connectivity index (χ1n) is 12.3. The molecule has 1 fully saturated rings. The van der Waals surface area contributed by atoms with E-state index in [1.807, 2.05) is 0 Å². The van der Waals surface area contributed by atoms with Gasteiger partial charge in [0.05, 0.1) is 11.2 Å². The highest BCUT2D eigenvalue weighted by Gasteiger charge is 2.51. The van der Waals surface area contributed by atoms with Gasteiger partial charge in [0.1, 0.15) is 0 Å². The van der Waals surface area contributed by atoms with Gasteiger partial charge < -0.3 is 9.31 Å². The topological polar surface area (TPSA) is 18.5 Å². The Labute approximate surface area is 207 Å². The van der Waals surface area contributed by atoms with Crippen molar-refractivity contribution in [1.29, 1.82) is 0 Å². The number of hydrogen-bond donors (Lipinski definition) is 0. The summed E-state index contributed by atoms with van der Waals surface area (Å²) in [6.07, 6.45) is 0. The predicted molar refractivity (Wildman–Crippen MR) is 148 cm³/mol. The number of benzene rings is 5. The van der Waals surface area contributed by atoms with Gasteiger partial charge in [-0.25, -0.2) is 0 Å². The van der Waals surface area contributed by atoms with Crippen LogP contribution in [-0.2, 0) is 9.31 Å². The van der Waals surface area contributed by atoms with Crippen LogP contribution in [0.25, 0.3) is 43.8 Å². The monoisotopic (exact) mass is 456 g/mol. The fraction of sp³-hybridized carbons (Fsp3) is 0.188. The first-order chi connectivity index (χ1) is 16.8. The van der Waals surface area contributed by atoms with Gasteiger partial charge in [-0.2, -0.15) is 0 Å². The van der Waals surface area contributed by atoms with Crippen molar-refractivity contribution in [3.63, 3.8) is 0 Å². The van der Waals surface area contributed by atoms with Crippen LogP contribution in [0.5, 0.6) is 0 Å². The average molecular weight is 456 g/mol. The van der Waals surface area contributed by atoms with E-state index < -0.39 is 0 Å². The lowest BCUT2D eigenvalue weighted by molar-refractivity contribution is 0.00578. The van der Waals surface area contributed by atoms with Crippen LogP contribution in [0.2, 0.25) is 0 Å². The maximum atomic E-state index is 6.26. The molecular weight excluding hydrogens is 427 g/mol. The summed E-state index contributed by atoms with van der Waals surface area (Å²) in [5, 5.41) is 5.10. The van der Waals surface area contributed by atoms with E-state index in [1.165, 1.54) is 43.8 Å². The molecule has 0 amide bonds. The molecule has 5 aromatic carbocycles. The molecule has 3 heteroatoms. The van der Waals surface area contributed by atoms with E-state index in [0.717, 1.165) is 5.46 Å². The summed E-state index contributed by atoms with van der Waals surface area (Å²) in [5.74, 6) is 0. The molecule has 0 radical (unpaired) electrons. The summed E-state index contributed by atoms with van der Waals surface area (Å²) in [6.45, 7) is 8.36. The average Bonchev–Trinajstić information content (AvgIpc) is 3.10. The van der Waals surface area contributed by atoms with Crippen LogP contribution in [0, 0.1) is 0 Å². The van der Waals surface area contributed by atoms with Crippen molar-refractivity contribution in [1.82, 2.24) is 0 Å². The molecular formula is C32H29BO2. The Morgan fingerprint density at radius 1 is 0.514 bits per heavy atom. The lowest BCUT2D eigenvalue weighted by atomic mass is 9.78. The third-order valence-electron chi connectivity index (χ3n) is 7.73. The first kappa shape index (κ1) is 22.1. The standard InChI is InChI=1S/C32H29BO2/c1-31(2)32(3,4)35-33(34-31)24-19-17-22(18-20-24)25-12-7-8-15-28(25)30-21-23-11-5-6-13-26(23)27-14-9-10-16-29(27)30/h5-21H,1-4H3. The van der Waals surface area contributed by atoms with Crippen molar-refractivity contribution in [3.05, 3.63) is 103 Å². The Morgan fingerprint density at radius 3 is 1.74 bits per heavy atom. The SMILES string of the molecule is CC1(C)OB(c2ccc(-c3ccccc3-c3cc4ccccc4c4ccccc34)cc2)OC1(C)C. The van der Waals surface area contributed by atoms with Gasteiger partial charge in [-0.15, -0.1) is 0 Å². The Bertz CT molecular complexity index is 1530. The molecule has 0 saturated carbocycles. The molecule has 2 nitrogen and oxygen atoms in total. The van der Waals surface area contributed by atoms with E-state index in [4.69, 9.17) is 9.31 Å². The normalized spacial score (nSPS) is 16.7. The molecule has 0 unspecified atom stereocenters. The molecule has 1 aliphatic heterocycles. The highest BCUT2D eigenvalue weighted by atomic mass is 16.7. The minimum Gasteiger partial charge on any atom is -0.399 e. The molecule has 35 heavy (non-hydrogen) atoms. The highest BCUT2D eigenvalue weighted by molar-refractivity contribution is 6.62. The molecule has 1 aliphatic rings. The zero-order valence-electron chi connectivity index (χ0n) is 20.7. The molecule has 1 heterocycles. The quantitative estimate of drug-likeness (QED) is 0.205. The van der Waals surface area contributed by atoms with Crippen molar-refractivity contribution in [2.45, 2.75) is 38.9 Å². The van der Waals surface area contributed by atoms with E-state index in [2.05, 4.69) is 131 Å². The summed E-state index contributed by atoms with van der Waals surface area (Å²) in [5.41, 5.74) is 5.23. The second-order valence-electron chi connectivity index (χ2n) is 10.4. The second-order valence-corrected chi connectivity index (χ2v) is 10.4. The molecule has 0 aromatic heterocycles. The summed E-state index contributed by atoms with van der Waals surface area (Å²) >= 11 is 0. The van der Waals surface area contributed by atoms with Crippen LogP contribution in [0.3, 0.4) is 0 Å². The third-order valence-corrected chi connectivity index (χ3v) is 7.73. The van der Waals surface area contributed by atoms with Gasteiger partial charge in [0.25, 0.3) is 0 Å². The van der Waals surface area contributed by atoms with E-state index in [9.17, 15) is 0 Å². The van der Waals surface area contributed by atoms with Crippen molar-refractivity contribution >= 4 is 34.1 Å². The maximum Gasteiger partial charge on any atom is 0.494 e. The van der Waals surface area contributed by atoms with Crippen molar-refractivity contribution in [2.24, 2.45) is 0 Å². The Balaban J connectivity index is 1.45. The number of hydrogen-bond acceptors (Lipinski definition) is 2. The van der Waals surface area contributed by atoms with Gasteiger partial charge in [0, 0.05) is 0 Å². The summed E-state index contributed by atoms with van der Waals surface area (Å²) in [7, 11) is -0.353. The molecule has 172 valence electrons. The van der Waals surface area contributed by atoms with Crippen molar-refractivity contribution in [3.8, 4) is 22.3 Å². The van der Waals surface area contributed by atoms with Crippen LogP contribution in [0.4, 0.5) is 0 Å². The maximum absolute atomic E-state index is 6.26. The predicted octanol–water partition coefficient (Wildman–Crippen LogP) is 7.63. The van der Waals surface area contributed by atoms with Crippen LogP contribution in [0.1, 0.15) is 27.7 Å². The van der Waals surface area contributed by atoms with Crippen molar-refractivity contribution in [2.75, 3.05) is 0 Å². The second kappa shape index (κ2) is 8.08. The minimum atomic E-state index is -0.353. The molecule has 0 bridgehead atoms. The molecule has 5 aromatic rings. The summed E-state index contributed by atoms with van der Waals surface area (Å²) in [4.78, 5) is 0. The van der Waals surface area contributed by atoms with E-state index in [0.29, 0.717) is 0 Å². The minimum absolute atomic E-state index is 0.347. The van der Waals surface area contributed by atoms with Gasteiger partial charge >= 0.3 is 7.12 Å². The molecule has 0 N–H and O–H groups in total. The molecule has 0 spiro atoms. The third kappa shape index (κ3) is 3.67. The fourth-order valence-corrected chi connectivity index (χ4v) is 5.05. The van der Waals surface area contributed by atoms with Gasteiger partial charge in [-0.3, -0.25) is 0 Å². The molecule has 6 rings (SSSR count). The van der Waals surface area contributed by atoms with Crippen LogP contribution >= 0.6 is 0 Å². The van der Waals surface area contributed by atoms with E-state index >= 15 is 0 Å². The summed E-state index contributed by atoms with van der Waals surface area (Å²) in [6, 6.07) is 37.0. The Morgan fingerprint density at radius 2 is 1.06 bits per heavy atom. The van der Waals surface area contributed by atoms with Crippen LogP contribution in [-0.4, -0.2) is 18.3 Å². The zero-order valence-corrected chi connectivity index (χ0v) is 20.7. The van der Waals surface area contributed by atoms with Gasteiger partial charge in [-0.05, 0) is 83.0 Å². The van der Waals surface area contributed by atoms with Crippen LogP contribution < -0.4 is 5.46 Å². The van der Waals surface area contributed by atoms with Gasteiger partial charge in [-0.1, -0.05) is 97.1 Å². The van der Waals surface area contributed by atoms with Gasteiger partial charge in [0.15, 0.2) is 0 Å². The zero-order chi connectivity index (χ0) is 24.2. The number of rotatable bonds is 3. The summed E-state index contributed by atoms with van der Waals surface area (Å²) < 4.78 is 12.5. The lowest BCUT2D eigenvalue weighted by Gasteiger charge is -2.32. The molecule has 0 atom stereocenters. The number of fused-ring (bicyclic) bond motifs is 3. The van der Waals surface area contributed by atoms with E-state index in [-0.39, 0.29) is 18.3 Å².